The molecule has 0 aliphatic rings. The van der Waals surface area contributed by atoms with Crippen LogP contribution >= 0.6 is 0 Å². The minimum atomic E-state index is -0.977. The summed E-state index contributed by atoms with van der Waals surface area (Å²) in [6.45, 7) is 3.62. The summed E-state index contributed by atoms with van der Waals surface area (Å²) in [5, 5.41) is 8.92. The highest BCUT2D eigenvalue weighted by atomic mass is 16.4. The third kappa shape index (κ3) is 14.2. The monoisotopic (exact) mass is 324 g/mol. The maximum Gasteiger partial charge on any atom is 0.314 e. The summed E-state index contributed by atoms with van der Waals surface area (Å²) in [5.74, 6) is -2.00. The van der Waals surface area contributed by atoms with Crippen LogP contribution in [0.2, 0.25) is 0 Å². The van der Waals surface area contributed by atoms with Crippen LogP contribution in [0.3, 0.4) is 0 Å². The number of ketones is 1. The molecule has 0 amide bonds. The van der Waals surface area contributed by atoms with Gasteiger partial charge in [0.15, 0.2) is 0 Å². The molecule has 23 heavy (non-hydrogen) atoms. The van der Waals surface area contributed by atoms with Gasteiger partial charge in [0.1, 0.15) is 11.7 Å². The van der Waals surface area contributed by atoms with Crippen molar-refractivity contribution in [1.82, 2.24) is 0 Å². The third-order valence-electron chi connectivity index (χ3n) is 4.29. The molecular weight excluding hydrogens is 288 g/mol. The Kier molecular flexibility index (Phi) is 15.0. The summed E-state index contributed by atoms with van der Waals surface area (Å²) in [5.41, 5.74) is 0. The lowest BCUT2D eigenvalue weighted by Gasteiger charge is -2.07. The lowest BCUT2D eigenvalue weighted by molar-refractivity contribution is -0.146. The van der Waals surface area contributed by atoms with Gasteiger partial charge in [-0.2, -0.15) is 0 Å². The SMILES string of the molecule is CCCCCCCC/C=C/CCCCCCC(C(C)=O)C(=O)O. The molecule has 0 aromatic rings. The van der Waals surface area contributed by atoms with Crippen molar-refractivity contribution in [3.8, 4) is 0 Å². The first-order valence-electron chi connectivity index (χ1n) is 9.47. The van der Waals surface area contributed by atoms with E-state index in [9.17, 15) is 9.59 Å². The molecule has 134 valence electrons. The predicted octanol–water partition coefficient (Wildman–Crippen LogP) is 5.92. The molecule has 0 saturated carbocycles. The minimum Gasteiger partial charge on any atom is -0.481 e. The van der Waals surface area contributed by atoms with Crippen molar-refractivity contribution in [2.24, 2.45) is 5.92 Å². The van der Waals surface area contributed by atoms with Crippen molar-refractivity contribution in [2.45, 2.75) is 97.3 Å². The number of carbonyl (C=O) groups excluding carboxylic acids is 1. The van der Waals surface area contributed by atoms with Gasteiger partial charge in [0.05, 0.1) is 0 Å². The molecule has 0 aromatic carbocycles. The fraction of sp³-hybridized carbons (Fsp3) is 0.800. The Morgan fingerprint density at radius 1 is 0.826 bits per heavy atom. The zero-order chi connectivity index (χ0) is 17.3. The second kappa shape index (κ2) is 15.8. The van der Waals surface area contributed by atoms with Gasteiger partial charge in [0, 0.05) is 0 Å². The Labute approximate surface area is 142 Å². The van der Waals surface area contributed by atoms with Crippen LogP contribution in [0, 0.1) is 5.92 Å². The summed E-state index contributed by atoms with van der Waals surface area (Å²) < 4.78 is 0. The van der Waals surface area contributed by atoms with E-state index >= 15 is 0 Å². The van der Waals surface area contributed by atoms with E-state index in [1.165, 1.54) is 51.9 Å². The van der Waals surface area contributed by atoms with Gasteiger partial charge in [-0.05, 0) is 39.0 Å². The van der Waals surface area contributed by atoms with E-state index in [2.05, 4.69) is 19.1 Å². The average Bonchev–Trinajstić information content (AvgIpc) is 2.50. The first-order chi connectivity index (χ1) is 11.1. The molecule has 0 saturated heterocycles. The number of carboxylic acid groups (broad SMARTS) is 1. The number of hydrogen-bond donors (Lipinski definition) is 1. The Morgan fingerprint density at radius 2 is 1.30 bits per heavy atom. The molecule has 0 spiro atoms. The number of rotatable bonds is 16. The molecule has 0 aromatic heterocycles. The Balaban J connectivity index is 3.37. The van der Waals surface area contributed by atoms with Crippen LogP contribution in [-0.4, -0.2) is 16.9 Å². The van der Waals surface area contributed by atoms with Crippen molar-refractivity contribution in [1.29, 1.82) is 0 Å². The standard InChI is InChI=1S/C20H36O3/c1-3-4-5-6-7-8-9-10-11-12-13-14-15-16-17-19(18(2)21)20(22)23/h10-11,19H,3-9,12-17H2,1-2H3,(H,22,23)/b11-10+. The highest BCUT2D eigenvalue weighted by molar-refractivity contribution is 5.96. The molecule has 0 heterocycles. The van der Waals surface area contributed by atoms with E-state index in [0.29, 0.717) is 6.42 Å². The summed E-state index contributed by atoms with van der Waals surface area (Å²) >= 11 is 0. The number of hydrogen-bond acceptors (Lipinski definition) is 2. The Bertz CT molecular complexity index is 320. The molecule has 0 aliphatic heterocycles. The van der Waals surface area contributed by atoms with Gasteiger partial charge in [-0.15, -0.1) is 0 Å². The molecule has 0 bridgehead atoms. The average molecular weight is 325 g/mol. The quantitative estimate of drug-likeness (QED) is 0.218. The highest BCUT2D eigenvalue weighted by Gasteiger charge is 2.21. The molecule has 0 rings (SSSR count). The van der Waals surface area contributed by atoms with Crippen LogP contribution < -0.4 is 0 Å². The fourth-order valence-electron chi connectivity index (χ4n) is 2.74. The van der Waals surface area contributed by atoms with E-state index in [0.717, 1.165) is 32.1 Å². The van der Waals surface area contributed by atoms with E-state index in [-0.39, 0.29) is 5.78 Å². The molecule has 0 fully saturated rings. The van der Waals surface area contributed by atoms with Gasteiger partial charge >= 0.3 is 5.97 Å². The molecule has 1 unspecified atom stereocenters. The van der Waals surface area contributed by atoms with Crippen molar-refractivity contribution < 1.29 is 14.7 Å². The smallest absolute Gasteiger partial charge is 0.314 e. The van der Waals surface area contributed by atoms with Crippen LogP contribution in [0.15, 0.2) is 12.2 Å². The summed E-state index contributed by atoms with van der Waals surface area (Å²) in [6, 6.07) is 0. The van der Waals surface area contributed by atoms with E-state index in [4.69, 9.17) is 5.11 Å². The molecule has 3 nitrogen and oxygen atoms in total. The topological polar surface area (TPSA) is 54.4 Å². The van der Waals surface area contributed by atoms with Crippen LogP contribution in [0.4, 0.5) is 0 Å². The molecule has 3 heteroatoms. The normalized spacial score (nSPS) is 12.6. The van der Waals surface area contributed by atoms with Crippen molar-refractivity contribution >= 4 is 11.8 Å². The van der Waals surface area contributed by atoms with Crippen LogP contribution in [-0.2, 0) is 9.59 Å². The first-order valence-corrected chi connectivity index (χ1v) is 9.47. The van der Waals surface area contributed by atoms with Crippen LogP contribution in [0.25, 0.3) is 0 Å². The number of aliphatic carboxylic acids is 1. The van der Waals surface area contributed by atoms with E-state index in [1.807, 2.05) is 0 Å². The second-order valence-corrected chi connectivity index (χ2v) is 6.52. The fourth-order valence-corrected chi connectivity index (χ4v) is 2.74. The number of allylic oxidation sites excluding steroid dienone is 2. The molecule has 0 radical (unpaired) electrons. The zero-order valence-electron chi connectivity index (χ0n) is 15.2. The summed E-state index contributed by atoms with van der Waals surface area (Å²) in [7, 11) is 0. The zero-order valence-corrected chi connectivity index (χ0v) is 15.2. The summed E-state index contributed by atoms with van der Waals surface area (Å²) in [4.78, 5) is 22.0. The van der Waals surface area contributed by atoms with Crippen LogP contribution in [0.1, 0.15) is 97.3 Å². The van der Waals surface area contributed by atoms with E-state index in [1.54, 1.807) is 0 Å². The molecule has 1 N–H and O–H groups in total. The second-order valence-electron chi connectivity index (χ2n) is 6.52. The predicted molar refractivity (Wildman–Crippen MR) is 96.6 cm³/mol. The lowest BCUT2D eigenvalue weighted by Crippen LogP contribution is -2.21. The van der Waals surface area contributed by atoms with Crippen LogP contribution in [0.5, 0.6) is 0 Å². The maximum absolute atomic E-state index is 11.2. The first kappa shape index (κ1) is 21.9. The Morgan fingerprint density at radius 3 is 1.78 bits per heavy atom. The largest absolute Gasteiger partial charge is 0.481 e. The van der Waals surface area contributed by atoms with Gasteiger partial charge in [-0.3, -0.25) is 9.59 Å². The Hall–Kier alpha value is -1.12. The lowest BCUT2D eigenvalue weighted by atomic mass is 9.97. The van der Waals surface area contributed by atoms with Gasteiger partial charge in [0.2, 0.25) is 0 Å². The van der Waals surface area contributed by atoms with Crippen molar-refractivity contribution in [2.75, 3.05) is 0 Å². The van der Waals surface area contributed by atoms with Crippen molar-refractivity contribution in [3.05, 3.63) is 12.2 Å². The number of carboxylic acids is 1. The molecular formula is C20H36O3. The van der Waals surface area contributed by atoms with Gasteiger partial charge in [0.25, 0.3) is 0 Å². The van der Waals surface area contributed by atoms with E-state index < -0.39 is 11.9 Å². The minimum absolute atomic E-state index is 0.227. The van der Waals surface area contributed by atoms with Gasteiger partial charge < -0.3 is 5.11 Å². The third-order valence-corrected chi connectivity index (χ3v) is 4.29. The molecule has 1 atom stereocenters. The van der Waals surface area contributed by atoms with Crippen molar-refractivity contribution in [3.63, 3.8) is 0 Å². The van der Waals surface area contributed by atoms with Gasteiger partial charge in [-0.1, -0.05) is 70.4 Å². The number of Topliss-reactive ketones (excluding diaryl/α,β-unsaturated/α-hetero) is 1. The maximum atomic E-state index is 11.2. The van der Waals surface area contributed by atoms with Gasteiger partial charge in [-0.25, -0.2) is 0 Å². The highest BCUT2D eigenvalue weighted by Crippen LogP contribution is 2.13. The number of unbranched alkanes of at least 4 members (excludes halogenated alkanes) is 10. The molecule has 0 aliphatic carbocycles. The number of carbonyl (C=O) groups is 2. The summed E-state index contributed by atoms with van der Waals surface area (Å²) in [6.07, 6.45) is 19.6.